The van der Waals surface area contributed by atoms with Gasteiger partial charge in [0.25, 0.3) is 0 Å². The number of aromatic hydroxyl groups is 1. The van der Waals surface area contributed by atoms with E-state index in [1.165, 1.54) is 24.3 Å². The van der Waals surface area contributed by atoms with E-state index < -0.39 is 66.1 Å². The standard InChI is InChI=1S/C24H37N9O8/c25-14(7-8-18(26)35)20(37)31-15(2-1-9-30-24(28)29)21(38)32-16(11-19(27)36)22(39)33-17(23(40)41)10-12-3-5-13(34)6-4-12/h3-6,14-17,34H,1-2,7-11,25H2,(H2,26,35)(H2,27,36)(H,31,37)(H,32,38)(H,33,39)(H,40,41)(H4,28,29,30). The number of hydrogen-bond acceptors (Lipinski definition) is 9. The Hall–Kier alpha value is -4.93. The van der Waals surface area contributed by atoms with Gasteiger partial charge in [0, 0.05) is 19.4 Å². The summed E-state index contributed by atoms with van der Waals surface area (Å²) in [5, 5.41) is 26.0. The van der Waals surface area contributed by atoms with Gasteiger partial charge in [0.1, 0.15) is 23.9 Å². The molecule has 17 heteroatoms. The number of phenols is 1. The maximum atomic E-state index is 13.1. The number of guanidine groups is 1. The fourth-order valence-electron chi connectivity index (χ4n) is 3.50. The predicted octanol–water partition coefficient (Wildman–Crippen LogP) is -4.00. The van der Waals surface area contributed by atoms with Crippen LogP contribution in [0.3, 0.4) is 0 Å². The smallest absolute Gasteiger partial charge is 0.326 e. The topological polar surface area (TPSA) is 321 Å². The van der Waals surface area contributed by atoms with Crippen molar-refractivity contribution in [2.45, 2.75) is 62.7 Å². The second-order valence-corrected chi connectivity index (χ2v) is 9.12. The van der Waals surface area contributed by atoms with Crippen LogP contribution in [0, 0.1) is 0 Å². The normalized spacial score (nSPS) is 13.5. The quantitative estimate of drug-likeness (QED) is 0.0453. The van der Waals surface area contributed by atoms with Gasteiger partial charge < -0.3 is 54.8 Å². The third kappa shape index (κ3) is 13.6. The summed E-state index contributed by atoms with van der Waals surface area (Å²) in [6.45, 7) is 0.0957. The lowest BCUT2D eigenvalue weighted by Gasteiger charge is -2.25. The minimum atomic E-state index is -1.60. The molecule has 0 saturated carbocycles. The van der Waals surface area contributed by atoms with Crippen molar-refractivity contribution in [3.05, 3.63) is 29.8 Å². The van der Waals surface area contributed by atoms with Gasteiger partial charge in [-0.25, -0.2) is 4.79 Å². The van der Waals surface area contributed by atoms with Gasteiger partial charge in [-0.2, -0.15) is 0 Å². The minimum Gasteiger partial charge on any atom is -0.508 e. The maximum absolute atomic E-state index is 13.1. The lowest BCUT2D eigenvalue weighted by Crippen LogP contribution is -2.58. The van der Waals surface area contributed by atoms with E-state index in [0.29, 0.717) is 5.56 Å². The summed E-state index contributed by atoms with van der Waals surface area (Å²) in [6, 6.07) is 0.0812. The van der Waals surface area contributed by atoms with Crippen LogP contribution < -0.4 is 44.6 Å². The molecule has 17 nitrogen and oxygen atoms in total. The molecule has 5 amide bonds. The Bertz CT molecular complexity index is 1120. The summed E-state index contributed by atoms with van der Waals surface area (Å²) in [7, 11) is 0. The first-order valence-electron chi connectivity index (χ1n) is 12.5. The van der Waals surface area contributed by atoms with Crippen molar-refractivity contribution in [1.29, 1.82) is 0 Å². The Kier molecular flexibility index (Phi) is 14.1. The number of aliphatic carboxylic acids is 1. The first kappa shape index (κ1) is 34.1. The van der Waals surface area contributed by atoms with Crippen LogP contribution >= 0.6 is 0 Å². The fourth-order valence-corrected chi connectivity index (χ4v) is 3.50. The Morgan fingerprint density at radius 2 is 1.34 bits per heavy atom. The summed E-state index contributed by atoms with van der Waals surface area (Å²) in [5.74, 6) is -5.99. The summed E-state index contributed by atoms with van der Waals surface area (Å²) >= 11 is 0. The second-order valence-electron chi connectivity index (χ2n) is 9.12. The van der Waals surface area contributed by atoms with E-state index in [2.05, 4.69) is 20.9 Å². The molecule has 0 saturated heterocycles. The lowest BCUT2D eigenvalue weighted by atomic mass is 10.0. The number of benzene rings is 1. The molecule has 1 aromatic rings. The molecule has 0 aliphatic carbocycles. The van der Waals surface area contributed by atoms with Gasteiger partial charge in [-0.3, -0.25) is 29.0 Å². The average molecular weight is 580 g/mol. The first-order chi connectivity index (χ1) is 19.2. The molecule has 0 fully saturated rings. The van der Waals surface area contributed by atoms with Gasteiger partial charge in [0.2, 0.25) is 29.5 Å². The number of nitrogens with two attached hydrogens (primary N) is 5. The highest BCUT2D eigenvalue weighted by Crippen LogP contribution is 2.12. The molecule has 4 unspecified atom stereocenters. The van der Waals surface area contributed by atoms with E-state index in [-0.39, 0.29) is 50.4 Å². The van der Waals surface area contributed by atoms with Crippen LogP contribution in [0.2, 0.25) is 0 Å². The monoisotopic (exact) mass is 579 g/mol. The zero-order valence-electron chi connectivity index (χ0n) is 22.2. The second kappa shape index (κ2) is 16.9. The van der Waals surface area contributed by atoms with E-state index in [0.717, 1.165) is 0 Å². The number of primary amides is 2. The van der Waals surface area contributed by atoms with Crippen molar-refractivity contribution >= 4 is 41.5 Å². The van der Waals surface area contributed by atoms with Gasteiger partial charge >= 0.3 is 5.97 Å². The fraction of sp³-hybridized carbons (Fsp3) is 0.458. The molecule has 15 N–H and O–H groups in total. The summed E-state index contributed by atoms with van der Waals surface area (Å²) in [5.41, 5.74) is 27.2. The number of phenolic OH excluding ortho intramolecular Hbond substituents is 1. The SMILES string of the molecule is NC(=O)CCC(N)C(=O)NC(CCCN=C(N)N)C(=O)NC(CC(N)=O)C(=O)NC(Cc1ccc(O)cc1)C(=O)O. The Morgan fingerprint density at radius 1 is 0.780 bits per heavy atom. The molecular weight excluding hydrogens is 542 g/mol. The first-order valence-corrected chi connectivity index (χ1v) is 12.5. The van der Waals surface area contributed by atoms with Crippen LogP contribution in [0.4, 0.5) is 0 Å². The molecule has 0 spiro atoms. The third-order valence-electron chi connectivity index (χ3n) is 5.65. The van der Waals surface area contributed by atoms with Crippen LogP contribution in [0.25, 0.3) is 0 Å². The van der Waals surface area contributed by atoms with Gasteiger partial charge in [-0.05, 0) is 37.0 Å². The molecule has 1 aromatic carbocycles. The predicted molar refractivity (Wildman–Crippen MR) is 145 cm³/mol. The van der Waals surface area contributed by atoms with Gasteiger partial charge in [0.05, 0.1) is 12.5 Å². The van der Waals surface area contributed by atoms with E-state index in [9.17, 15) is 39.0 Å². The number of aliphatic imine (C=N–C) groups is 1. The van der Waals surface area contributed by atoms with E-state index in [1.54, 1.807) is 0 Å². The average Bonchev–Trinajstić information content (AvgIpc) is 2.88. The molecule has 41 heavy (non-hydrogen) atoms. The Balaban J connectivity index is 3.06. The number of rotatable bonds is 18. The summed E-state index contributed by atoms with van der Waals surface area (Å²) in [6.07, 6.45) is -0.950. The summed E-state index contributed by atoms with van der Waals surface area (Å²) < 4.78 is 0. The zero-order valence-corrected chi connectivity index (χ0v) is 22.2. The van der Waals surface area contributed by atoms with Gasteiger partial charge in [0.15, 0.2) is 5.96 Å². The van der Waals surface area contributed by atoms with Crippen molar-refractivity contribution in [1.82, 2.24) is 16.0 Å². The number of carboxylic acid groups (broad SMARTS) is 1. The van der Waals surface area contributed by atoms with Gasteiger partial charge in [-0.1, -0.05) is 12.1 Å². The number of hydrogen-bond donors (Lipinski definition) is 10. The van der Waals surface area contributed by atoms with Crippen molar-refractivity contribution < 1.29 is 39.0 Å². The molecule has 0 radical (unpaired) electrons. The van der Waals surface area contributed by atoms with E-state index in [1.807, 2.05) is 0 Å². The van der Waals surface area contributed by atoms with Crippen LogP contribution in [-0.4, -0.2) is 82.4 Å². The molecule has 0 aliphatic heterocycles. The number of nitrogens with zero attached hydrogens (tertiary/aromatic N) is 1. The molecule has 1 rings (SSSR count). The molecule has 0 heterocycles. The highest BCUT2D eigenvalue weighted by atomic mass is 16.4. The number of carboxylic acids is 1. The van der Waals surface area contributed by atoms with Crippen molar-refractivity contribution in [2.24, 2.45) is 33.7 Å². The molecular formula is C24H37N9O8. The lowest BCUT2D eigenvalue weighted by molar-refractivity contribution is -0.142. The minimum absolute atomic E-state index is 0.0274. The molecule has 4 atom stereocenters. The summed E-state index contributed by atoms with van der Waals surface area (Å²) in [4.78, 5) is 76.9. The molecule has 0 aliphatic rings. The number of amides is 5. The number of nitrogens with one attached hydrogen (secondary N) is 3. The van der Waals surface area contributed by atoms with Crippen molar-refractivity contribution in [3.63, 3.8) is 0 Å². The highest BCUT2D eigenvalue weighted by molar-refractivity contribution is 5.96. The maximum Gasteiger partial charge on any atom is 0.326 e. The number of carbonyl (C=O) groups is 6. The third-order valence-corrected chi connectivity index (χ3v) is 5.65. The van der Waals surface area contributed by atoms with Crippen LogP contribution in [0.1, 0.15) is 37.7 Å². The van der Waals surface area contributed by atoms with Gasteiger partial charge in [-0.15, -0.1) is 0 Å². The largest absolute Gasteiger partial charge is 0.508 e. The zero-order chi connectivity index (χ0) is 31.1. The molecule has 0 aromatic heterocycles. The van der Waals surface area contributed by atoms with Crippen LogP contribution in [0.5, 0.6) is 5.75 Å². The van der Waals surface area contributed by atoms with Crippen LogP contribution in [0.15, 0.2) is 29.3 Å². The van der Waals surface area contributed by atoms with Crippen molar-refractivity contribution in [3.8, 4) is 5.75 Å². The van der Waals surface area contributed by atoms with Crippen LogP contribution in [-0.2, 0) is 35.2 Å². The molecule has 226 valence electrons. The molecule has 0 bridgehead atoms. The highest BCUT2D eigenvalue weighted by Gasteiger charge is 2.31. The van der Waals surface area contributed by atoms with Crippen molar-refractivity contribution in [2.75, 3.05) is 6.54 Å². The van der Waals surface area contributed by atoms with E-state index in [4.69, 9.17) is 28.7 Å². The van der Waals surface area contributed by atoms with E-state index >= 15 is 0 Å². The number of carbonyl (C=O) groups excluding carboxylic acids is 5. The Morgan fingerprint density at radius 3 is 1.88 bits per heavy atom. The Labute approximate surface area is 235 Å².